The molecule has 0 aromatic heterocycles. The Morgan fingerprint density at radius 2 is 1.21 bits per heavy atom. The van der Waals surface area contributed by atoms with E-state index < -0.39 is 0 Å². The lowest BCUT2D eigenvalue weighted by atomic mass is 9.68. The summed E-state index contributed by atoms with van der Waals surface area (Å²) in [5.41, 5.74) is 0.861. The zero-order valence-electron chi connectivity index (χ0n) is 19.7. The van der Waals surface area contributed by atoms with E-state index in [-0.39, 0.29) is 43.0 Å². The Labute approximate surface area is 173 Å². The Hall–Kier alpha value is -0.160. The Morgan fingerprint density at radius 1 is 0.786 bits per heavy atom. The van der Waals surface area contributed by atoms with Crippen LogP contribution in [0.1, 0.15) is 80.1 Å². The Kier molecular flexibility index (Phi) is 4.33. The van der Waals surface area contributed by atoms with Gasteiger partial charge in [0.25, 0.3) is 0 Å². The number of hydrogen-bond acceptors (Lipinski definition) is 2. The fourth-order valence-electron chi connectivity index (χ4n) is 8.70. The summed E-state index contributed by atoms with van der Waals surface area (Å²) in [6.45, 7) is 15.4. The van der Waals surface area contributed by atoms with Crippen molar-refractivity contribution in [3.8, 4) is 0 Å². The number of quaternary nitrogens is 2. The first kappa shape index (κ1) is 21.1. The van der Waals surface area contributed by atoms with Crippen LogP contribution in [0.4, 0.5) is 0 Å². The minimum Gasteiger partial charge on any atom is -0.633 e. The number of hydroxylamine groups is 6. The first-order valence-electron chi connectivity index (χ1n) is 11.7. The Balaban J connectivity index is 1.48. The normalized spacial score (nSPS) is 49.9. The van der Waals surface area contributed by atoms with E-state index in [1.165, 1.54) is 25.7 Å². The lowest BCUT2D eigenvalue weighted by molar-refractivity contribution is -1.12. The molecule has 4 rings (SSSR count). The molecule has 0 aliphatic heterocycles. The van der Waals surface area contributed by atoms with Crippen LogP contribution in [-0.4, -0.2) is 53.8 Å². The summed E-state index contributed by atoms with van der Waals surface area (Å²) in [6.07, 6.45) is 7.15. The van der Waals surface area contributed by atoms with Gasteiger partial charge in [0, 0.05) is 23.7 Å². The van der Waals surface area contributed by atoms with Gasteiger partial charge in [-0.05, 0) is 48.3 Å². The van der Waals surface area contributed by atoms with Crippen molar-refractivity contribution in [1.82, 2.24) is 0 Å². The molecule has 4 bridgehead atoms. The fourth-order valence-corrected chi connectivity index (χ4v) is 8.70. The van der Waals surface area contributed by atoms with Crippen LogP contribution in [0.25, 0.3) is 0 Å². The van der Waals surface area contributed by atoms with Crippen LogP contribution < -0.4 is 0 Å². The molecule has 0 amide bonds. The third kappa shape index (κ3) is 2.44. The summed E-state index contributed by atoms with van der Waals surface area (Å²) in [5, 5.41) is 25.4. The van der Waals surface area contributed by atoms with Crippen LogP contribution >= 0.6 is 0 Å². The van der Waals surface area contributed by atoms with Crippen molar-refractivity contribution >= 4 is 0 Å². The second kappa shape index (κ2) is 5.75. The molecule has 4 nitrogen and oxygen atoms in total. The summed E-state index contributed by atoms with van der Waals surface area (Å²) in [7, 11) is 3.86. The van der Waals surface area contributed by atoms with Crippen LogP contribution in [0.5, 0.6) is 0 Å². The van der Waals surface area contributed by atoms with Gasteiger partial charge >= 0.3 is 0 Å². The number of likely N-dealkylation sites (N-methyl/N-ethyl adjacent to an activating group) is 2. The van der Waals surface area contributed by atoms with Crippen molar-refractivity contribution < 1.29 is 14.5 Å². The highest BCUT2D eigenvalue weighted by Crippen LogP contribution is 2.68. The van der Waals surface area contributed by atoms with Crippen molar-refractivity contribution in [2.75, 3.05) is 27.2 Å². The molecule has 0 radical (unpaired) electrons. The molecule has 4 saturated carbocycles. The van der Waals surface area contributed by atoms with Gasteiger partial charge in [-0.2, -0.15) is 4.65 Å². The van der Waals surface area contributed by atoms with Crippen molar-refractivity contribution in [3.63, 3.8) is 0 Å². The number of nitrogens with zero attached hydrogens (tertiary/aromatic N) is 2. The molecular formula is C24H45N2O2+. The highest BCUT2D eigenvalue weighted by molar-refractivity contribution is 5.12. The van der Waals surface area contributed by atoms with Gasteiger partial charge in [-0.3, -0.25) is 0 Å². The smallest absolute Gasteiger partial charge is 0.158 e. The topological polar surface area (TPSA) is 43.3 Å². The van der Waals surface area contributed by atoms with E-state index in [2.05, 4.69) is 41.5 Å². The van der Waals surface area contributed by atoms with Gasteiger partial charge in [0.1, 0.15) is 12.6 Å². The van der Waals surface area contributed by atoms with Gasteiger partial charge < -0.3 is 9.85 Å². The average Bonchev–Trinajstić information content (AvgIpc) is 3.11. The number of rotatable bonds is 5. The zero-order chi connectivity index (χ0) is 21.0. The van der Waals surface area contributed by atoms with Crippen molar-refractivity contribution in [3.05, 3.63) is 5.21 Å². The molecule has 4 aliphatic rings. The largest absolute Gasteiger partial charge is 0.633 e. The lowest BCUT2D eigenvalue weighted by Crippen LogP contribution is -2.63. The predicted octanol–water partition coefficient (Wildman–Crippen LogP) is 5.20. The highest BCUT2D eigenvalue weighted by atomic mass is 16.6. The van der Waals surface area contributed by atoms with Crippen LogP contribution in [-0.2, 0) is 0 Å². The SMILES string of the molecule is CC1(C)C2CCC1(C)C([N+](C)([O-])CC[N+](C)(O)C1CC3CCC1(C)C3(C)C)C2. The van der Waals surface area contributed by atoms with E-state index in [0.717, 1.165) is 12.8 Å². The summed E-state index contributed by atoms with van der Waals surface area (Å²) in [4.78, 5) is 0. The van der Waals surface area contributed by atoms with E-state index in [9.17, 15) is 10.4 Å². The van der Waals surface area contributed by atoms with E-state index >= 15 is 0 Å². The first-order valence-corrected chi connectivity index (χ1v) is 11.7. The van der Waals surface area contributed by atoms with E-state index in [0.29, 0.717) is 24.9 Å². The third-order valence-corrected chi connectivity index (χ3v) is 11.8. The summed E-state index contributed by atoms with van der Waals surface area (Å²) in [5.74, 6) is 1.40. The van der Waals surface area contributed by atoms with Crippen LogP contribution in [0.15, 0.2) is 0 Å². The maximum atomic E-state index is 13.8. The fraction of sp³-hybridized carbons (Fsp3) is 1.00. The molecule has 4 fully saturated rings. The van der Waals surface area contributed by atoms with E-state index in [1.54, 1.807) is 0 Å². The van der Waals surface area contributed by atoms with Gasteiger partial charge in [0.15, 0.2) is 6.54 Å². The molecule has 8 unspecified atom stereocenters. The molecule has 162 valence electrons. The molecule has 0 heterocycles. The molecule has 0 aromatic rings. The van der Waals surface area contributed by atoms with Gasteiger partial charge in [0.2, 0.25) is 0 Å². The Bertz CT molecular complexity index is 599. The van der Waals surface area contributed by atoms with Crippen molar-refractivity contribution in [2.24, 2.45) is 33.5 Å². The van der Waals surface area contributed by atoms with E-state index in [4.69, 9.17) is 0 Å². The predicted molar refractivity (Wildman–Crippen MR) is 113 cm³/mol. The molecule has 0 spiro atoms. The third-order valence-electron chi connectivity index (χ3n) is 11.8. The minimum atomic E-state index is -0.179. The van der Waals surface area contributed by atoms with Crippen molar-refractivity contribution in [2.45, 2.75) is 92.2 Å². The zero-order valence-corrected chi connectivity index (χ0v) is 19.7. The number of hydrogen-bond donors (Lipinski definition) is 1. The number of fused-ring (bicyclic) bond motifs is 4. The molecule has 8 atom stereocenters. The minimum absolute atomic E-state index is 0.0305. The monoisotopic (exact) mass is 393 g/mol. The second-order valence-corrected chi connectivity index (χ2v) is 13.1. The summed E-state index contributed by atoms with van der Waals surface area (Å²) in [6, 6.07) is 0.432. The summed E-state index contributed by atoms with van der Waals surface area (Å²) < 4.78 is -0.149. The molecular weight excluding hydrogens is 348 g/mol. The molecule has 1 N–H and O–H groups in total. The van der Waals surface area contributed by atoms with Crippen LogP contribution in [0.2, 0.25) is 0 Å². The van der Waals surface area contributed by atoms with Gasteiger partial charge in [-0.15, -0.1) is 0 Å². The second-order valence-electron chi connectivity index (χ2n) is 13.1. The molecule has 0 aromatic carbocycles. The maximum absolute atomic E-state index is 13.8. The highest BCUT2D eigenvalue weighted by Gasteiger charge is 2.68. The standard InChI is InChI=1S/C24H45N2O2/c1-21(2)17-9-11-23(21,5)19(15-17)25(7,27)13-14-26(8,28)20-16-18-10-12-24(20,6)22(18,3)4/h17-20,27H,9-16H2,1-8H3/q+1. The maximum Gasteiger partial charge on any atom is 0.158 e. The van der Waals surface area contributed by atoms with Crippen LogP contribution in [0.3, 0.4) is 0 Å². The lowest BCUT2D eigenvalue weighted by Gasteiger charge is -2.53. The average molecular weight is 394 g/mol. The molecule has 4 heteroatoms. The Morgan fingerprint density at radius 3 is 1.57 bits per heavy atom. The van der Waals surface area contributed by atoms with Gasteiger partial charge in [-0.25, -0.2) is 5.21 Å². The molecule has 0 saturated heterocycles. The molecule has 4 aliphatic carbocycles. The van der Waals surface area contributed by atoms with E-state index in [1.807, 2.05) is 14.1 Å². The first-order chi connectivity index (χ1) is 12.6. The quantitative estimate of drug-likeness (QED) is 0.515. The van der Waals surface area contributed by atoms with Crippen LogP contribution in [0, 0.1) is 38.7 Å². The molecule has 28 heavy (non-hydrogen) atoms. The summed E-state index contributed by atoms with van der Waals surface area (Å²) >= 11 is 0. The van der Waals surface area contributed by atoms with Gasteiger partial charge in [0.05, 0.1) is 20.1 Å². The van der Waals surface area contributed by atoms with Crippen molar-refractivity contribution in [1.29, 1.82) is 0 Å². The van der Waals surface area contributed by atoms with Gasteiger partial charge in [-0.1, -0.05) is 41.5 Å².